The molecule has 2 N–H and O–H groups in total. The van der Waals surface area contributed by atoms with Crippen LogP contribution in [0.1, 0.15) is 90.9 Å². The van der Waals surface area contributed by atoms with Crippen LogP contribution in [0.5, 0.6) is 11.5 Å². The van der Waals surface area contributed by atoms with Gasteiger partial charge in [0, 0.05) is 7.14 Å². The topological polar surface area (TPSA) is 110 Å². The number of halogens is 8. The highest BCUT2D eigenvalue weighted by atomic mass is 127. The van der Waals surface area contributed by atoms with Gasteiger partial charge in [-0.05, 0) is 107 Å². The molecule has 2 aromatic rings. The van der Waals surface area contributed by atoms with Gasteiger partial charge in [-0.25, -0.2) is 4.79 Å². The van der Waals surface area contributed by atoms with Gasteiger partial charge in [0.25, 0.3) is 0 Å². The van der Waals surface area contributed by atoms with Crippen molar-refractivity contribution >= 4 is 61.3 Å². The first-order chi connectivity index (χ1) is 22.3. The van der Waals surface area contributed by atoms with E-state index in [-0.39, 0.29) is 0 Å². The Morgan fingerprint density at radius 2 is 0.958 bits per heavy atom. The molecule has 0 saturated carbocycles. The van der Waals surface area contributed by atoms with E-state index in [0.717, 1.165) is 24.7 Å². The summed E-state index contributed by atoms with van der Waals surface area (Å²) in [6.45, 7) is 6.21. The number of hydrogen-bond acceptors (Lipinski definition) is 5. The molecule has 0 aliphatic carbocycles. The Labute approximate surface area is 306 Å². The maximum Gasteiger partial charge on any atom is 0.438 e. The van der Waals surface area contributed by atoms with Gasteiger partial charge in [-0.1, -0.05) is 78.1 Å². The number of rotatable bonds is 20. The Bertz CT molecular complexity index is 1210. The molecule has 276 valence electrons. The highest BCUT2D eigenvalue weighted by Crippen LogP contribution is 2.48. The fraction of sp³-hybridized carbons (Fsp3) is 0.594. The van der Waals surface area contributed by atoms with Crippen molar-refractivity contribution in [2.45, 2.75) is 108 Å². The fourth-order valence-electron chi connectivity index (χ4n) is 3.69. The molecular weight excluding hydrogens is 896 g/mol. The smallest absolute Gasteiger partial charge is 0.438 e. The Morgan fingerprint density at radius 1 is 0.646 bits per heavy atom. The van der Waals surface area contributed by atoms with E-state index >= 15 is 0 Å². The van der Waals surface area contributed by atoms with Gasteiger partial charge in [0.1, 0.15) is 11.5 Å². The van der Waals surface area contributed by atoms with E-state index in [1.807, 2.05) is 24.3 Å². The normalized spacial score (nSPS) is 11.9. The number of hydrogen-bond donors (Lipinski definition) is 2. The fourth-order valence-corrected chi connectivity index (χ4v) is 4.86. The molecular formula is C32H44F6I2O7S. The standard InChI is InChI=1S/2C14H21IO.C4H2F6O5S/c2*1-2-3-4-5-6-7-12-16-14-10-8-13(15)9-11-14;5-2(6,1(11)12)3(7,8)4(9,10)16(13,14)15/h2*8-11H,2-7,12H2,1H3;(H,11,12)(H,13,14,15). The second-order valence-corrected chi connectivity index (χ2v) is 14.5. The van der Waals surface area contributed by atoms with Crippen molar-refractivity contribution < 1.29 is 58.7 Å². The Balaban J connectivity index is 0.000000690. The average Bonchev–Trinajstić information content (AvgIpc) is 3.02. The first-order valence-corrected chi connectivity index (χ1v) is 19.0. The van der Waals surface area contributed by atoms with Crippen molar-refractivity contribution in [2.75, 3.05) is 13.2 Å². The van der Waals surface area contributed by atoms with Crippen LogP contribution in [0.15, 0.2) is 48.5 Å². The second kappa shape index (κ2) is 23.8. The number of ether oxygens (including phenoxy) is 2. The third-order valence-electron chi connectivity index (χ3n) is 6.51. The van der Waals surface area contributed by atoms with Crippen molar-refractivity contribution in [1.82, 2.24) is 0 Å². The first-order valence-electron chi connectivity index (χ1n) is 15.5. The second-order valence-electron chi connectivity index (χ2n) is 10.6. The zero-order chi connectivity index (χ0) is 36.9. The first kappa shape index (κ1) is 46.5. The lowest BCUT2D eigenvalue weighted by Crippen LogP contribution is -2.60. The molecule has 0 fully saturated rings. The van der Waals surface area contributed by atoms with Crippen molar-refractivity contribution in [3.8, 4) is 11.5 Å². The molecule has 0 unspecified atom stereocenters. The van der Waals surface area contributed by atoms with E-state index in [2.05, 4.69) is 83.3 Å². The molecule has 0 radical (unpaired) electrons. The molecule has 7 nitrogen and oxygen atoms in total. The third kappa shape index (κ3) is 17.4. The Morgan fingerprint density at radius 3 is 1.25 bits per heavy atom. The number of aliphatic carboxylic acids is 1. The van der Waals surface area contributed by atoms with E-state index in [0.29, 0.717) is 0 Å². The predicted molar refractivity (Wildman–Crippen MR) is 190 cm³/mol. The van der Waals surface area contributed by atoms with Gasteiger partial charge in [-0.2, -0.15) is 34.8 Å². The van der Waals surface area contributed by atoms with Crippen LogP contribution in [-0.4, -0.2) is 54.4 Å². The summed E-state index contributed by atoms with van der Waals surface area (Å²) in [5.74, 6) is -14.9. The average molecular weight is 941 g/mol. The minimum absolute atomic E-state index is 0.854. The number of alkyl halides is 6. The monoisotopic (exact) mass is 940 g/mol. The summed E-state index contributed by atoms with van der Waals surface area (Å²) >= 11 is 4.61. The molecule has 48 heavy (non-hydrogen) atoms. The molecule has 0 heterocycles. The number of carboxylic acids is 1. The molecule has 0 spiro atoms. The Kier molecular flexibility index (Phi) is 23.0. The minimum atomic E-state index is -6.90. The highest BCUT2D eigenvalue weighted by Gasteiger charge is 2.80. The van der Waals surface area contributed by atoms with Crippen molar-refractivity contribution in [2.24, 2.45) is 0 Å². The van der Waals surface area contributed by atoms with Crippen LogP contribution in [0.2, 0.25) is 0 Å². The van der Waals surface area contributed by atoms with Gasteiger partial charge in [-0.3, -0.25) is 4.55 Å². The minimum Gasteiger partial charge on any atom is -0.494 e. The lowest BCUT2D eigenvalue weighted by atomic mass is 10.1. The summed E-state index contributed by atoms with van der Waals surface area (Å²) in [5, 5.41) is 0.929. The number of unbranched alkanes of at least 4 members (excludes halogenated alkanes) is 10. The third-order valence-corrected chi connectivity index (χ3v) is 8.86. The molecule has 0 amide bonds. The van der Waals surface area contributed by atoms with Crippen molar-refractivity contribution in [1.29, 1.82) is 0 Å². The van der Waals surface area contributed by atoms with Crippen LogP contribution in [0.3, 0.4) is 0 Å². The quantitative estimate of drug-likeness (QED) is 0.0589. The number of benzene rings is 2. The molecule has 0 aromatic heterocycles. The van der Waals surface area contributed by atoms with Gasteiger partial charge < -0.3 is 14.6 Å². The van der Waals surface area contributed by atoms with Crippen LogP contribution in [-0.2, 0) is 14.9 Å². The lowest BCUT2D eigenvalue weighted by Gasteiger charge is -2.27. The van der Waals surface area contributed by atoms with Gasteiger partial charge >= 0.3 is 33.2 Å². The van der Waals surface area contributed by atoms with E-state index in [4.69, 9.17) is 19.1 Å². The molecule has 0 bridgehead atoms. The van der Waals surface area contributed by atoms with E-state index < -0.39 is 33.2 Å². The van der Waals surface area contributed by atoms with Crippen LogP contribution in [0, 0.1) is 7.14 Å². The maximum atomic E-state index is 12.3. The van der Waals surface area contributed by atoms with E-state index in [9.17, 15) is 39.6 Å². The summed E-state index contributed by atoms with van der Waals surface area (Å²) in [6.07, 6.45) is 15.8. The van der Waals surface area contributed by atoms with Gasteiger partial charge in [-0.15, -0.1) is 0 Å². The Hall–Kier alpha value is -1.54. The molecule has 2 rings (SSSR count). The van der Waals surface area contributed by atoms with Crippen LogP contribution >= 0.6 is 45.2 Å². The SMILES string of the molecule is CCCCCCCCOc1ccc(I)cc1.CCCCCCCCOc1ccc(I)cc1.O=C(O)C(F)(F)C(F)(F)C(F)(F)S(=O)(=O)O. The predicted octanol–water partition coefficient (Wildman–Crippen LogP) is 10.9. The molecule has 0 atom stereocenters. The number of carboxylic acid groups (broad SMARTS) is 1. The molecule has 0 aliphatic rings. The van der Waals surface area contributed by atoms with Crippen LogP contribution in [0.25, 0.3) is 0 Å². The van der Waals surface area contributed by atoms with Crippen LogP contribution in [0.4, 0.5) is 26.3 Å². The molecule has 2 aromatic carbocycles. The summed E-state index contributed by atoms with van der Waals surface area (Å²) in [4.78, 5) is 9.60. The molecule has 16 heteroatoms. The number of carbonyl (C=O) groups is 1. The summed E-state index contributed by atoms with van der Waals surface area (Å²) in [5.41, 5.74) is 0. The summed E-state index contributed by atoms with van der Waals surface area (Å²) in [7, 11) is -6.90. The molecule has 0 saturated heterocycles. The van der Waals surface area contributed by atoms with Crippen LogP contribution < -0.4 is 9.47 Å². The van der Waals surface area contributed by atoms with Crippen molar-refractivity contribution in [3.63, 3.8) is 0 Å². The lowest BCUT2D eigenvalue weighted by molar-refractivity contribution is -0.277. The van der Waals surface area contributed by atoms with Gasteiger partial charge in [0.2, 0.25) is 0 Å². The molecule has 0 aliphatic heterocycles. The van der Waals surface area contributed by atoms with E-state index in [1.54, 1.807) is 0 Å². The van der Waals surface area contributed by atoms with Gasteiger partial charge in [0.05, 0.1) is 13.2 Å². The maximum absolute atomic E-state index is 12.3. The largest absolute Gasteiger partial charge is 0.494 e. The van der Waals surface area contributed by atoms with Crippen molar-refractivity contribution in [3.05, 3.63) is 55.7 Å². The van der Waals surface area contributed by atoms with Gasteiger partial charge in [0.15, 0.2) is 0 Å². The van der Waals surface area contributed by atoms with E-state index in [1.165, 1.54) is 84.2 Å². The summed E-state index contributed by atoms with van der Waals surface area (Å²) < 4.78 is 114. The zero-order valence-electron chi connectivity index (χ0n) is 26.9. The summed E-state index contributed by atoms with van der Waals surface area (Å²) in [6, 6.07) is 16.5. The zero-order valence-corrected chi connectivity index (χ0v) is 32.0. The highest BCUT2D eigenvalue weighted by molar-refractivity contribution is 14.1.